The number of rotatable bonds is 10. The minimum Gasteiger partial charge on any atom is -0.481 e. The van der Waals surface area contributed by atoms with Gasteiger partial charge in [0.05, 0.1) is 0 Å². The average Bonchev–Trinajstić information content (AvgIpc) is 3.62. The van der Waals surface area contributed by atoms with Gasteiger partial charge >= 0.3 is 17.1 Å². The number of fused-ring (bicyclic) bond motifs is 1. The van der Waals surface area contributed by atoms with Gasteiger partial charge in [0.1, 0.15) is 28.7 Å². The Balaban J connectivity index is 1.29. The SMILES string of the molecule is Nc1cc[n+](N)c(SCC2(C(=O)O)CS[C@@H]3C(NC(=O)C(=NOC4(C(=O)O)CCCC4)c4csc(N)n4)C(=O)N3C2)n1. The first-order chi connectivity index (χ1) is 19.9. The van der Waals surface area contributed by atoms with E-state index in [1.54, 1.807) is 0 Å². The zero-order valence-electron chi connectivity index (χ0n) is 22.0. The molecule has 4 heterocycles. The summed E-state index contributed by atoms with van der Waals surface area (Å²) in [5.74, 6) is 2.79. The minimum absolute atomic E-state index is 0.0707. The molecular weight excluding hydrogens is 611 g/mol. The lowest BCUT2D eigenvalue weighted by molar-refractivity contribution is -0.682. The summed E-state index contributed by atoms with van der Waals surface area (Å²) in [6.07, 6.45) is 3.25. The average molecular weight is 639 g/mol. The number of carboxylic acids is 2. The number of carbonyl (C=O) groups is 4. The highest BCUT2D eigenvalue weighted by molar-refractivity contribution is 8.00. The van der Waals surface area contributed by atoms with Crippen LogP contribution in [0.3, 0.4) is 0 Å². The molecule has 3 atom stereocenters. The first kappa shape index (κ1) is 29.6. The lowest BCUT2D eigenvalue weighted by Crippen LogP contribution is -2.74. The number of thioether (sulfide) groups is 2. The van der Waals surface area contributed by atoms with E-state index in [2.05, 4.69) is 20.4 Å². The molecule has 2 aromatic rings. The van der Waals surface area contributed by atoms with Crippen molar-refractivity contribution in [3.8, 4) is 0 Å². The summed E-state index contributed by atoms with van der Waals surface area (Å²) in [5, 5.41) is 27.8. The highest BCUT2D eigenvalue weighted by Crippen LogP contribution is 2.44. The van der Waals surface area contributed by atoms with Gasteiger partial charge in [-0.05, 0) is 29.6 Å². The quantitative estimate of drug-likeness (QED) is 0.0350. The Hall–Kier alpha value is -3.84. The molecule has 16 nitrogen and oxygen atoms in total. The van der Waals surface area contributed by atoms with Gasteiger partial charge in [-0.3, -0.25) is 20.2 Å². The van der Waals surface area contributed by atoms with Gasteiger partial charge in [-0.15, -0.1) is 27.8 Å². The second kappa shape index (κ2) is 11.4. The van der Waals surface area contributed by atoms with Crippen molar-refractivity contribution in [2.24, 2.45) is 10.6 Å². The van der Waals surface area contributed by atoms with Crippen molar-refractivity contribution in [3.05, 3.63) is 23.3 Å². The van der Waals surface area contributed by atoms with E-state index in [9.17, 15) is 29.4 Å². The van der Waals surface area contributed by atoms with Crippen molar-refractivity contribution in [1.29, 1.82) is 0 Å². The summed E-state index contributed by atoms with van der Waals surface area (Å²) in [6, 6.07) is 0.542. The minimum atomic E-state index is -1.56. The Bertz CT molecular complexity index is 1460. The molecule has 3 fully saturated rings. The number of aromatic nitrogens is 3. The Labute approximate surface area is 251 Å². The molecule has 2 aliphatic heterocycles. The third-order valence-electron chi connectivity index (χ3n) is 7.31. The van der Waals surface area contributed by atoms with Crippen LogP contribution in [0.1, 0.15) is 31.4 Å². The van der Waals surface area contributed by atoms with E-state index < -0.39 is 46.2 Å². The topological polar surface area (TPSA) is 253 Å². The predicted octanol–water partition coefficient (Wildman–Crippen LogP) is -0.915. The van der Waals surface area contributed by atoms with Crippen molar-refractivity contribution in [2.45, 2.75) is 47.9 Å². The zero-order valence-corrected chi connectivity index (χ0v) is 24.4. The Morgan fingerprint density at radius 2 is 1.98 bits per heavy atom. The highest BCUT2D eigenvalue weighted by atomic mass is 32.2. The van der Waals surface area contributed by atoms with Gasteiger partial charge in [-0.1, -0.05) is 5.16 Å². The zero-order chi connectivity index (χ0) is 30.2. The van der Waals surface area contributed by atoms with Crippen LogP contribution < -0.4 is 27.3 Å². The molecule has 224 valence electrons. The summed E-state index contributed by atoms with van der Waals surface area (Å²) in [6.45, 7) is -0.0844. The van der Waals surface area contributed by atoms with Crippen LogP contribution in [0, 0.1) is 5.41 Å². The van der Waals surface area contributed by atoms with E-state index in [0.29, 0.717) is 18.0 Å². The fourth-order valence-corrected chi connectivity index (χ4v) is 8.20. The number of β-lactam (4-membered cyclic amide) rings is 1. The maximum absolute atomic E-state index is 13.4. The van der Waals surface area contributed by atoms with Crippen molar-refractivity contribution in [1.82, 2.24) is 20.2 Å². The van der Waals surface area contributed by atoms with Gasteiger partial charge in [-0.2, -0.15) is 0 Å². The fraction of sp³-hybridized carbons (Fsp3) is 0.478. The van der Waals surface area contributed by atoms with E-state index in [1.807, 2.05) is 0 Å². The van der Waals surface area contributed by atoms with Gasteiger partial charge in [0.15, 0.2) is 10.8 Å². The number of thiazole rings is 1. The molecule has 0 bridgehead atoms. The lowest BCUT2D eigenvalue weighted by Gasteiger charge is -2.53. The molecule has 2 amide bonds. The molecule has 2 saturated heterocycles. The van der Waals surface area contributed by atoms with Crippen molar-refractivity contribution in [2.75, 3.05) is 35.4 Å². The standard InChI is InChI=1S/C23H27N9O7S3/c24-12-3-6-32(26)21(28-12)42-10-22(18(35)36)8-31-16(34)14(17(31)41-9-22)29-15(33)13(11-7-40-20(25)27-11)30-39-23(19(37)38)4-1-2-5-23/h3,6-7,14,17,24H,1-2,4-5,8-10,26H2,(H5,25,27,29,33,35,36,37,38)/p+1/t14?,17-,22?/m1/s1. The second-order valence-electron chi connectivity index (χ2n) is 10.1. The summed E-state index contributed by atoms with van der Waals surface area (Å²) >= 11 is 3.39. The summed E-state index contributed by atoms with van der Waals surface area (Å²) in [7, 11) is 0. The van der Waals surface area contributed by atoms with Crippen molar-refractivity contribution >= 4 is 75.3 Å². The van der Waals surface area contributed by atoms with E-state index >= 15 is 0 Å². The molecule has 2 aromatic heterocycles. The van der Waals surface area contributed by atoms with Gasteiger partial charge < -0.3 is 36.7 Å². The molecule has 0 aromatic carbocycles. The number of hydrogen-bond acceptors (Lipinski definition) is 14. The number of nitrogens with two attached hydrogens (primary N) is 3. The first-order valence-electron chi connectivity index (χ1n) is 12.7. The maximum atomic E-state index is 13.4. The number of aliphatic carboxylic acids is 2. The highest BCUT2D eigenvalue weighted by Gasteiger charge is 2.58. The third-order valence-corrected chi connectivity index (χ3v) is 10.8. The van der Waals surface area contributed by atoms with Crippen LogP contribution in [0.15, 0.2) is 28.0 Å². The molecule has 3 aliphatic rings. The van der Waals surface area contributed by atoms with Gasteiger partial charge in [0.25, 0.3) is 5.91 Å². The maximum Gasteiger partial charge on any atom is 0.384 e. The van der Waals surface area contributed by atoms with Crippen LogP contribution in [-0.2, 0) is 24.0 Å². The predicted molar refractivity (Wildman–Crippen MR) is 153 cm³/mol. The smallest absolute Gasteiger partial charge is 0.384 e. The molecule has 2 unspecified atom stereocenters. The van der Waals surface area contributed by atoms with Gasteiger partial charge in [-0.25, -0.2) is 9.78 Å². The molecule has 1 aliphatic carbocycles. The number of anilines is 2. The van der Waals surface area contributed by atoms with Crippen molar-refractivity contribution < 1.29 is 38.9 Å². The van der Waals surface area contributed by atoms with E-state index in [1.165, 1.54) is 39.0 Å². The number of hydrogen-bond donors (Lipinski definition) is 6. The number of nitrogens with zero attached hydrogens (tertiary/aromatic N) is 5. The van der Waals surface area contributed by atoms with Crippen LogP contribution in [0.5, 0.6) is 0 Å². The first-order valence-corrected chi connectivity index (χ1v) is 15.6. The normalized spacial score (nSPS) is 24.9. The number of nitrogen functional groups attached to an aromatic ring is 3. The number of oxime groups is 1. The van der Waals surface area contributed by atoms with E-state index in [0.717, 1.165) is 23.1 Å². The van der Waals surface area contributed by atoms with E-state index in [-0.39, 0.29) is 53.2 Å². The van der Waals surface area contributed by atoms with Gasteiger partial charge in [0.2, 0.25) is 17.3 Å². The number of amides is 2. The fourth-order valence-electron chi connectivity index (χ4n) is 4.88. The largest absolute Gasteiger partial charge is 0.481 e. The van der Waals surface area contributed by atoms with Crippen LogP contribution in [-0.4, -0.2) is 89.6 Å². The molecule has 0 spiro atoms. The van der Waals surface area contributed by atoms with Crippen LogP contribution >= 0.6 is 34.9 Å². The molecule has 19 heteroatoms. The van der Waals surface area contributed by atoms with Crippen molar-refractivity contribution in [3.63, 3.8) is 0 Å². The van der Waals surface area contributed by atoms with Gasteiger partial charge in [0, 0.05) is 42.3 Å². The van der Waals surface area contributed by atoms with E-state index in [4.69, 9.17) is 22.1 Å². The number of carbonyl (C=O) groups excluding carboxylic acids is 2. The summed E-state index contributed by atoms with van der Waals surface area (Å²) in [5.41, 5.74) is 8.36. The summed E-state index contributed by atoms with van der Waals surface area (Å²) in [4.78, 5) is 65.9. The monoisotopic (exact) mass is 638 g/mol. The van der Waals surface area contributed by atoms with Crippen LogP contribution in [0.25, 0.3) is 0 Å². The molecule has 9 N–H and O–H groups in total. The third kappa shape index (κ3) is 5.50. The number of nitrogens with one attached hydrogen (secondary N) is 1. The Morgan fingerprint density at radius 1 is 1.24 bits per heavy atom. The Kier molecular flexibility index (Phi) is 8.08. The lowest BCUT2D eigenvalue weighted by atomic mass is 9.89. The molecule has 42 heavy (non-hydrogen) atoms. The van der Waals surface area contributed by atoms with Crippen LogP contribution in [0.2, 0.25) is 0 Å². The molecule has 5 rings (SSSR count). The second-order valence-corrected chi connectivity index (χ2v) is 13.1. The molecule has 1 saturated carbocycles. The molecule has 0 radical (unpaired) electrons. The Morgan fingerprint density at radius 3 is 2.62 bits per heavy atom. The molecular formula is C23H28N9O7S3+. The van der Waals surface area contributed by atoms with Crippen LogP contribution in [0.4, 0.5) is 10.9 Å². The summed E-state index contributed by atoms with van der Waals surface area (Å²) < 4.78 is 1.24. The number of carboxylic acid groups (broad SMARTS) is 2.